The first-order chi connectivity index (χ1) is 14.7. The third-order valence-electron chi connectivity index (χ3n) is 5.46. The fourth-order valence-corrected chi connectivity index (χ4v) is 3.95. The van der Waals surface area contributed by atoms with Crippen LogP contribution >= 0.6 is 0 Å². The van der Waals surface area contributed by atoms with Gasteiger partial charge in [0, 0.05) is 42.9 Å². The second-order valence-corrected chi connectivity index (χ2v) is 7.38. The Morgan fingerprint density at radius 2 is 2.10 bits per heavy atom. The monoisotopic (exact) mass is 407 g/mol. The second kappa shape index (κ2) is 8.98. The highest BCUT2D eigenvalue weighted by Gasteiger charge is 2.21. The fraction of sp³-hybridized carbons (Fsp3) is 0.304. The van der Waals surface area contributed by atoms with Crippen molar-refractivity contribution in [3.63, 3.8) is 0 Å². The normalized spacial score (nSPS) is 13.9. The van der Waals surface area contributed by atoms with E-state index < -0.39 is 0 Å². The molecule has 7 heteroatoms. The van der Waals surface area contributed by atoms with Crippen molar-refractivity contribution in [2.75, 3.05) is 31.6 Å². The zero-order valence-corrected chi connectivity index (χ0v) is 17.0. The number of guanidine groups is 1. The van der Waals surface area contributed by atoms with Gasteiger partial charge in [0.1, 0.15) is 5.82 Å². The highest BCUT2D eigenvalue weighted by Crippen LogP contribution is 2.26. The van der Waals surface area contributed by atoms with Crippen LogP contribution in [0.4, 0.5) is 10.1 Å². The van der Waals surface area contributed by atoms with Gasteiger partial charge in [-0.1, -0.05) is 18.2 Å². The molecule has 1 aliphatic heterocycles. The lowest BCUT2D eigenvalue weighted by molar-refractivity contribution is -0.117. The highest BCUT2D eigenvalue weighted by atomic mass is 19.1. The number of amides is 1. The summed E-state index contributed by atoms with van der Waals surface area (Å²) in [7, 11) is 1.68. The Morgan fingerprint density at radius 3 is 2.97 bits per heavy atom. The van der Waals surface area contributed by atoms with Crippen molar-refractivity contribution in [1.82, 2.24) is 15.6 Å². The number of hydrogen-bond acceptors (Lipinski definition) is 2. The molecule has 3 N–H and O–H groups in total. The van der Waals surface area contributed by atoms with Gasteiger partial charge in [-0.25, -0.2) is 4.39 Å². The molecule has 3 aromatic rings. The van der Waals surface area contributed by atoms with Crippen molar-refractivity contribution in [3.8, 4) is 0 Å². The van der Waals surface area contributed by atoms with Crippen molar-refractivity contribution >= 4 is 28.5 Å². The Bertz CT molecular complexity index is 1070. The van der Waals surface area contributed by atoms with Crippen molar-refractivity contribution in [1.29, 1.82) is 0 Å². The Kier molecular flexibility index (Phi) is 5.97. The molecule has 156 valence electrons. The minimum atomic E-state index is -0.250. The van der Waals surface area contributed by atoms with Gasteiger partial charge < -0.3 is 20.5 Å². The van der Waals surface area contributed by atoms with Crippen LogP contribution < -0.4 is 15.5 Å². The topological polar surface area (TPSA) is 72.5 Å². The molecule has 1 amide bonds. The van der Waals surface area contributed by atoms with Crippen LogP contribution in [0.25, 0.3) is 10.9 Å². The van der Waals surface area contributed by atoms with Gasteiger partial charge in [-0.05, 0) is 54.7 Å². The summed E-state index contributed by atoms with van der Waals surface area (Å²) in [6.07, 6.45) is 4.64. The molecule has 0 bridgehead atoms. The van der Waals surface area contributed by atoms with E-state index in [1.165, 1.54) is 17.7 Å². The lowest BCUT2D eigenvalue weighted by Gasteiger charge is -2.29. The standard InChI is InChI=1S/C23H26FN5O/c1-25-23(26-11-10-17-14-27-20-13-18(24)8-9-19(17)20)28-15-22(30)29-12-4-6-16-5-2-3-7-21(16)29/h2-3,5,7-9,13-14,27H,4,6,10-12,15H2,1H3,(H2,25,26,28). The Morgan fingerprint density at radius 1 is 1.23 bits per heavy atom. The lowest BCUT2D eigenvalue weighted by atomic mass is 10.0. The molecule has 0 unspecified atom stereocenters. The van der Waals surface area contributed by atoms with Crippen molar-refractivity contribution in [2.45, 2.75) is 19.3 Å². The van der Waals surface area contributed by atoms with Crippen LogP contribution in [0.3, 0.4) is 0 Å². The molecule has 0 radical (unpaired) electrons. The van der Waals surface area contributed by atoms with Crippen LogP contribution in [0.5, 0.6) is 0 Å². The number of carbonyl (C=O) groups excluding carboxylic acids is 1. The van der Waals surface area contributed by atoms with E-state index in [-0.39, 0.29) is 18.3 Å². The molecule has 2 heterocycles. The number of carbonyl (C=O) groups is 1. The summed E-state index contributed by atoms with van der Waals surface area (Å²) in [5.74, 6) is 0.364. The number of anilines is 1. The van der Waals surface area contributed by atoms with E-state index in [0.717, 1.165) is 48.0 Å². The third-order valence-corrected chi connectivity index (χ3v) is 5.46. The Hall–Kier alpha value is -3.35. The van der Waals surface area contributed by atoms with Crippen molar-refractivity contribution in [2.24, 2.45) is 4.99 Å². The van der Waals surface area contributed by atoms with Gasteiger partial charge in [0.15, 0.2) is 5.96 Å². The van der Waals surface area contributed by atoms with E-state index in [1.54, 1.807) is 13.1 Å². The average molecular weight is 407 g/mol. The van der Waals surface area contributed by atoms with Gasteiger partial charge in [-0.3, -0.25) is 9.79 Å². The summed E-state index contributed by atoms with van der Waals surface area (Å²) < 4.78 is 13.3. The number of aliphatic imine (C=N–C) groups is 1. The predicted octanol–water partition coefficient (Wildman–Crippen LogP) is 2.99. The number of aromatic nitrogens is 1. The maximum atomic E-state index is 13.3. The molecule has 0 spiro atoms. The van der Waals surface area contributed by atoms with Crippen LogP contribution in [0.15, 0.2) is 53.7 Å². The number of hydrogen-bond donors (Lipinski definition) is 3. The molecule has 0 saturated heterocycles. The molecule has 2 aromatic carbocycles. The van der Waals surface area contributed by atoms with Crippen LogP contribution in [0.1, 0.15) is 17.5 Å². The largest absolute Gasteiger partial charge is 0.361 e. The quantitative estimate of drug-likeness (QED) is 0.450. The molecule has 1 aromatic heterocycles. The highest BCUT2D eigenvalue weighted by molar-refractivity contribution is 5.98. The maximum Gasteiger partial charge on any atom is 0.246 e. The lowest BCUT2D eigenvalue weighted by Crippen LogP contribution is -2.46. The van der Waals surface area contributed by atoms with Crippen LogP contribution in [0.2, 0.25) is 0 Å². The first-order valence-corrected chi connectivity index (χ1v) is 10.2. The first-order valence-electron chi connectivity index (χ1n) is 10.2. The number of para-hydroxylation sites is 1. The van der Waals surface area contributed by atoms with Gasteiger partial charge in [-0.15, -0.1) is 0 Å². The maximum absolute atomic E-state index is 13.3. The van der Waals surface area contributed by atoms with Crippen molar-refractivity contribution < 1.29 is 9.18 Å². The number of rotatable bonds is 5. The van der Waals surface area contributed by atoms with E-state index in [1.807, 2.05) is 29.3 Å². The summed E-state index contributed by atoms with van der Waals surface area (Å²) >= 11 is 0. The predicted molar refractivity (Wildman–Crippen MR) is 118 cm³/mol. The van der Waals surface area contributed by atoms with E-state index in [2.05, 4.69) is 26.7 Å². The molecular formula is C23H26FN5O. The molecule has 4 rings (SSSR count). The summed E-state index contributed by atoms with van der Waals surface area (Å²) in [4.78, 5) is 21.9. The first kappa shape index (κ1) is 19.9. The van der Waals surface area contributed by atoms with Gasteiger partial charge in [0.25, 0.3) is 0 Å². The zero-order valence-electron chi connectivity index (χ0n) is 17.0. The number of aromatic amines is 1. The molecule has 0 atom stereocenters. The third kappa shape index (κ3) is 4.30. The number of halogens is 1. The second-order valence-electron chi connectivity index (χ2n) is 7.38. The molecular weight excluding hydrogens is 381 g/mol. The minimum Gasteiger partial charge on any atom is -0.361 e. The SMILES string of the molecule is CN=C(NCCc1c[nH]c2cc(F)ccc12)NCC(=O)N1CCCc2ccccc21. The molecule has 0 aliphatic carbocycles. The molecule has 0 fully saturated rings. The number of nitrogens with zero attached hydrogens (tertiary/aromatic N) is 2. The number of benzene rings is 2. The summed E-state index contributed by atoms with van der Waals surface area (Å²) in [5, 5.41) is 7.37. The van der Waals surface area contributed by atoms with Gasteiger partial charge in [0.2, 0.25) is 5.91 Å². The number of aryl methyl sites for hydroxylation is 1. The van der Waals surface area contributed by atoms with Gasteiger partial charge in [-0.2, -0.15) is 0 Å². The number of H-pyrrole nitrogens is 1. The van der Waals surface area contributed by atoms with Crippen LogP contribution in [-0.4, -0.2) is 43.5 Å². The van der Waals surface area contributed by atoms with Crippen LogP contribution in [0, 0.1) is 5.82 Å². The summed E-state index contributed by atoms with van der Waals surface area (Å²) in [6.45, 7) is 1.57. The average Bonchev–Trinajstić information content (AvgIpc) is 3.17. The van der Waals surface area contributed by atoms with Gasteiger partial charge >= 0.3 is 0 Å². The Balaban J connectivity index is 1.29. The number of fused-ring (bicyclic) bond motifs is 2. The molecule has 6 nitrogen and oxygen atoms in total. The zero-order chi connectivity index (χ0) is 20.9. The van der Waals surface area contributed by atoms with Crippen LogP contribution in [-0.2, 0) is 17.6 Å². The molecule has 30 heavy (non-hydrogen) atoms. The minimum absolute atomic E-state index is 0.0313. The number of nitrogens with one attached hydrogen (secondary N) is 3. The van der Waals surface area contributed by atoms with Crippen molar-refractivity contribution in [3.05, 3.63) is 65.6 Å². The van der Waals surface area contributed by atoms with E-state index in [9.17, 15) is 9.18 Å². The fourth-order valence-electron chi connectivity index (χ4n) is 3.95. The summed E-state index contributed by atoms with van der Waals surface area (Å²) in [5.41, 5.74) is 4.13. The van der Waals surface area contributed by atoms with E-state index >= 15 is 0 Å². The van der Waals surface area contributed by atoms with E-state index in [0.29, 0.717) is 12.5 Å². The Labute approximate surface area is 175 Å². The molecule has 0 saturated carbocycles. The smallest absolute Gasteiger partial charge is 0.246 e. The van der Waals surface area contributed by atoms with E-state index in [4.69, 9.17) is 0 Å². The molecule has 1 aliphatic rings. The summed E-state index contributed by atoms with van der Waals surface area (Å²) in [6, 6.07) is 12.8. The van der Waals surface area contributed by atoms with Gasteiger partial charge in [0.05, 0.1) is 6.54 Å².